The molecule has 30 N–H and O–H groups in total. The summed E-state index contributed by atoms with van der Waals surface area (Å²) in [7, 11) is 0. The van der Waals surface area contributed by atoms with Crippen LogP contribution in [0.5, 0.6) is 0 Å². The molecule has 0 spiro atoms. The first-order chi connectivity index (χ1) is 47.0. The zero-order valence-corrected chi connectivity index (χ0v) is 63.1. The van der Waals surface area contributed by atoms with E-state index in [4.69, 9.17) is 86.0 Å². The van der Waals surface area contributed by atoms with Crippen LogP contribution in [0.1, 0.15) is 116 Å². The second-order valence-corrected chi connectivity index (χ2v) is 26.6. The van der Waals surface area contributed by atoms with Crippen molar-refractivity contribution in [1.29, 1.82) is 0 Å². The molecule has 0 aliphatic rings. The van der Waals surface area contributed by atoms with Crippen molar-refractivity contribution in [3.63, 3.8) is 0 Å². The molecule has 96 heavy (non-hydrogen) atoms. The number of hydrogen-bond acceptors (Lipinski definition) is 27. The van der Waals surface area contributed by atoms with Crippen molar-refractivity contribution in [3.05, 3.63) is 0 Å². The Morgan fingerprint density at radius 2 is 0.229 bits per heavy atom. The first kappa shape index (κ1) is 97.0. The van der Waals surface area contributed by atoms with Crippen molar-refractivity contribution in [2.75, 3.05) is 334 Å². The summed E-state index contributed by atoms with van der Waals surface area (Å²) in [6.07, 6.45) is 19.5. The molecule has 0 saturated heterocycles. The average Bonchev–Trinajstić information content (AvgIpc) is 3.19. The smallest absolute Gasteiger partial charge is 0.0110 e. The van der Waals surface area contributed by atoms with Crippen LogP contribution in [-0.4, -0.2) is 393 Å². The topological polar surface area (TPSA) is 429 Å². The molecule has 0 radical (unpaired) electrons. The van der Waals surface area contributed by atoms with Crippen molar-refractivity contribution in [2.24, 2.45) is 86.0 Å². The van der Waals surface area contributed by atoms with E-state index in [1.807, 2.05) is 0 Å². The number of rotatable bonds is 78. The lowest BCUT2D eigenvalue weighted by molar-refractivity contribution is 0.165. The van der Waals surface area contributed by atoms with Gasteiger partial charge in [-0.1, -0.05) is 13.3 Å². The Labute approximate surface area is 592 Å². The quantitative estimate of drug-likeness (QED) is 0.0264. The Balaban J connectivity index is 0. The molecule has 0 aliphatic carbocycles. The van der Waals surface area contributed by atoms with Gasteiger partial charge in [-0.2, -0.15) is 0 Å². The molecule has 0 bridgehead atoms. The summed E-state index contributed by atoms with van der Waals surface area (Å²) < 4.78 is 0. The highest BCUT2D eigenvalue weighted by Gasteiger charge is 2.17. The van der Waals surface area contributed by atoms with Crippen LogP contribution >= 0.6 is 0 Å². The molecular formula is C69H169N27. The van der Waals surface area contributed by atoms with E-state index in [0.29, 0.717) is 52.4 Å². The molecule has 0 aliphatic heterocycles. The molecule has 0 aromatic carbocycles. The second kappa shape index (κ2) is 76.6. The van der Waals surface area contributed by atoms with Crippen LogP contribution in [-0.2, 0) is 0 Å². The lowest BCUT2D eigenvalue weighted by atomic mass is 10.2. The minimum absolute atomic E-state index is 0.651. The van der Waals surface area contributed by atoms with Crippen LogP contribution in [0.15, 0.2) is 0 Å². The van der Waals surface area contributed by atoms with Crippen molar-refractivity contribution < 1.29 is 0 Å². The molecule has 0 atom stereocenters. The van der Waals surface area contributed by atoms with Crippen LogP contribution < -0.4 is 86.0 Å². The maximum Gasteiger partial charge on any atom is 0.0110 e. The van der Waals surface area contributed by atoms with Crippen LogP contribution in [0.4, 0.5) is 0 Å². The maximum atomic E-state index is 5.88. The van der Waals surface area contributed by atoms with E-state index in [9.17, 15) is 0 Å². The van der Waals surface area contributed by atoms with Gasteiger partial charge in [-0.15, -0.1) is 0 Å². The Morgan fingerprint density at radius 1 is 0.115 bits per heavy atom. The van der Waals surface area contributed by atoms with Gasteiger partial charge in [0.2, 0.25) is 0 Å². The van der Waals surface area contributed by atoms with Gasteiger partial charge in [0, 0.05) is 157 Å². The van der Waals surface area contributed by atoms with E-state index in [-0.39, 0.29) is 0 Å². The SMILES string of the molecule is CCCCN(CCCN)CCCN(CCCCN(CCCN(CCCN)CCCN)CCCN(CCCN)CCCN)CCCN(CCCN)CCCN.NCCN(CCN)CCN(CCCCN(CCN(CCN)CCN)CCN(CCN)CCN)CCN(CCN)CCN. The van der Waals surface area contributed by atoms with Crippen LogP contribution in [0.3, 0.4) is 0 Å². The number of nitrogens with zero attached hydrogens (tertiary/aromatic N) is 12. The molecule has 27 heteroatoms. The largest absolute Gasteiger partial charge is 0.330 e. The monoisotopic (exact) mass is 1380 g/mol. The van der Waals surface area contributed by atoms with E-state index in [2.05, 4.69) is 65.7 Å². The fraction of sp³-hybridized carbons (Fsp3) is 1.00. The molecule has 0 amide bonds. The van der Waals surface area contributed by atoms with E-state index in [0.717, 1.165) is 306 Å². The minimum atomic E-state index is 0.651. The Bertz CT molecular complexity index is 1220. The standard InChI is InChI=1S/C41H97N13.C28H72N14/c1-2-3-24-49(27-6-17-42)34-13-35-50(36-14-39-52(28-7-18-43)29-8-19-44)25-4-5-26-51(37-15-40-53(30-9-20-45)31-10-21-46)38-16-41-54(32-11-22-47)33-12-23-48;29-3-13-39(14-4-30)25-21-37(22-26-40(15-5-31)16-6-32)11-1-2-12-38(23-27-41(17-7-33)18-8-34)24-28-42(19-9-35)20-10-36/h2-48H2,1H3;1-36H2. The molecule has 0 rings (SSSR count). The lowest BCUT2D eigenvalue weighted by Crippen LogP contribution is -2.44. The Kier molecular flexibility index (Phi) is 77.3. The summed E-state index contributed by atoms with van der Waals surface area (Å²) in [5.74, 6) is 0. The summed E-state index contributed by atoms with van der Waals surface area (Å²) in [5.41, 5.74) is 87.9. The fourth-order valence-corrected chi connectivity index (χ4v) is 12.6. The van der Waals surface area contributed by atoms with Gasteiger partial charge in [0.25, 0.3) is 0 Å². The molecule has 0 saturated carbocycles. The van der Waals surface area contributed by atoms with Crippen LogP contribution in [0.25, 0.3) is 0 Å². The molecule has 0 heterocycles. The summed E-state index contributed by atoms with van der Waals surface area (Å²) in [4.78, 5) is 30.5. The molecule has 0 unspecified atom stereocenters. The normalized spacial score (nSPS) is 12.4. The van der Waals surface area contributed by atoms with Gasteiger partial charge >= 0.3 is 0 Å². The highest BCUT2D eigenvalue weighted by Crippen LogP contribution is 2.10. The van der Waals surface area contributed by atoms with E-state index in [1.54, 1.807) is 0 Å². The molecule has 0 aromatic heterocycles. The predicted molar refractivity (Wildman–Crippen MR) is 417 cm³/mol. The Morgan fingerprint density at radius 3 is 0.365 bits per heavy atom. The third kappa shape index (κ3) is 61.6. The van der Waals surface area contributed by atoms with Gasteiger partial charge in [0.05, 0.1) is 0 Å². The highest BCUT2D eigenvalue weighted by atomic mass is 15.3. The zero-order valence-electron chi connectivity index (χ0n) is 63.1. The fourth-order valence-electron chi connectivity index (χ4n) is 12.6. The number of nitrogens with two attached hydrogens (primary N) is 15. The Hall–Kier alpha value is -1.08. The van der Waals surface area contributed by atoms with Crippen molar-refractivity contribution in [2.45, 2.75) is 116 Å². The lowest BCUT2D eigenvalue weighted by Gasteiger charge is -2.31. The van der Waals surface area contributed by atoms with Crippen LogP contribution in [0.2, 0.25) is 0 Å². The van der Waals surface area contributed by atoms with Gasteiger partial charge in [-0.3, -0.25) is 19.6 Å². The summed E-state index contributed by atoms with van der Waals surface area (Å²) in [6.45, 7) is 50.1. The third-order valence-corrected chi connectivity index (χ3v) is 18.3. The van der Waals surface area contributed by atoms with E-state index < -0.39 is 0 Å². The first-order valence-electron chi connectivity index (χ1n) is 39.2. The molecule has 0 fully saturated rings. The first-order valence-corrected chi connectivity index (χ1v) is 39.2. The number of unbranched alkanes of at least 4 members (excludes halogenated alkanes) is 3. The third-order valence-electron chi connectivity index (χ3n) is 18.3. The van der Waals surface area contributed by atoms with Crippen molar-refractivity contribution in [3.8, 4) is 0 Å². The number of hydrogen-bond donors (Lipinski definition) is 15. The van der Waals surface area contributed by atoms with E-state index >= 15 is 0 Å². The van der Waals surface area contributed by atoms with Gasteiger partial charge in [-0.25, -0.2) is 0 Å². The van der Waals surface area contributed by atoms with Gasteiger partial charge in [0.1, 0.15) is 0 Å². The molecule has 0 aromatic rings. The zero-order chi connectivity index (χ0) is 71.0. The minimum Gasteiger partial charge on any atom is -0.330 e. The van der Waals surface area contributed by atoms with Gasteiger partial charge in [0.15, 0.2) is 0 Å². The predicted octanol–water partition coefficient (Wildman–Crippen LogP) is -3.37. The molecular weight excluding hydrogens is 1210 g/mol. The van der Waals surface area contributed by atoms with Crippen molar-refractivity contribution in [1.82, 2.24) is 58.8 Å². The van der Waals surface area contributed by atoms with Gasteiger partial charge < -0.3 is 125 Å². The maximum absolute atomic E-state index is 5.88. The summed E-state index contributed by atoms with van der Waals surface area (Å²) in [6, 6.07) is 0. The summed E-state index contributed by atoms with van der Waals surface area (Å²) in [5, 5.41) is 0. The van der Waals surface area contributed by atoms with Crippen molar-refractivity contribution >= 4 is 0 Å². The highest BCUT2D eigenvalue weighted by molar-refractivity contribution is 4.74. The van der Waals surface area contributed by atoms with Gasteiger partial charge in [-0.05, 0) is 279 Å². The summed E-state index contributed by atoms with van der Waals surface area (Å²) >= 11 is 0. The second-order valence-electron chi connectivity index (χ2n) is 26.6. The van der Waals surface area contributed by atoms with E-state index in [1.165, 1.54) is 84.1 Å². The average molecular weight is 1380 g/mol. The molecule has 27 nitrogen and oxygen atoms in total. The van der Waals surface area contributed by atoms with Crippen LogP contribution in [0, 0.1) is 0 Å². The molecule has 580 valence electrons.